The van der Waals surface area contributed by atoms with Gasteiger partial charge in [0.05, 0.1) is 11.0 Å². The van der Waals surface area contributed by atoms with Crippen molar-refractivity contribution in [3.05, 3.63) is 60.4 Å². The summed E-state index contributed by atoms with van der Waals surface area (Å²) in [6.45, 7) is 4.49. The third kappa shape index (κ3) is 2.05. The van der Waals surface area contributed by atoms with E-state index in [-0.39, 0.29) is 0 Å². The van der Waals surface area contributed by atoms with Crippen molar-refractivity contribution in [2.24, 2.45) is 5.92 Å². The highest BCUT2D eigenvalue weighted by atomic mass is 15.1. The molecule has 3 aromatic rings. The first-order chi connectivity index (χ1) is 10.3. The first-order valence-corrected chi connectivity index (χ1v) is 7.58. The number of imidazole rings is 1. The molecule has 0 aliphatic carbocycles. The van der Waals surface area contributed by atoms with Gasteiger partial charge < -0.3 is 5.32 Å². The number of aromatic nitrogens is 2. The molecule has 3 heteroatoms. The molecule has 0 amide bonds. The Labute approximate surface area is 124 Å². The van der Waals surface area contributed by atoms with E-state index >= 15 is 0 Å². The highest BCUT2D eigenvalue weighted by Crippen LogP contribution is 2.31. The van der Waals surface area contributed by atoms with Gasteiger partial charge in [0, 0.05) is 11.6 Å². The third-order valence-corrected chi connectivity index (χ3v) is 4.53. The summed E-state index contributed by atoms with van der Waals surface area (Å²) < 4.78 is 2.32. The Morgan fingerprint density at radius 1 is 1.05 bits per heavy atom. The normalized spacial score (nSPS) is 16.8. The van der Waals surface area contributed by atoms with Gasteiger partial charge in [0.2, 0.25) is 0 Å². The molecule has 1 aliphatic rings. The Morgan fingerprint density at radius 2 is 1.76 bits per heavy atom. The molecule has 106 valence electrons. The van der Waals surface area contributed by atoms with E-state index in [1.807, 2.05) is 0 Å². The second kappa shape index (κ2) is 5.01. The molecule has 0 saturated carbocycles. The highest BCUT2D eigenvalue weighted by Gasteiger charge is 2.29. The van der Waals surface area contributed by atoms with Gasteiger partial charge >= 0.3 is 0 Å². The monoisotopic (exact) mass is 277 g/mol. The lowest BCUT2D eigenvalue weighted by Gasteiger charge is -2.32. The Kier molecular flexibility index (Phi) is 3.00. The summed E-state index contributed by atoms with van der Waals surface area (Å²) in [5.74, 6) is 2.32. The Morgan fingerprint density at radius 3 is 2.48 bits per heavy atom. The zero-order valence-electron chi connectivity index (χ0n) is 12.2. The van der Waals surface area contributed by atoms with Crippen LogP contribution in [0.2, 0.25) is 0 Å². The maximum atomic E-state index is 4.93. The minimum Gasteiger partial charge on any atom is -0.316 e. The average Bonchev–Trinajstić information content (AvgIpc) is 2.85. The van der Waals surface area contributed by atoms with Crippen molar-refractivity contribution in [2.75, 3.05) is 13.1 Å². The Hall–Kier alpha value is -2.13. The fourth-order valence-corrected chi connectivity index (χ4v) is 3.07. The van der Waals surface area contributed by atoms with E-state index in [2.05, 4.69) is 71.4 Å². The molecule has 1 aromatic heterocycles. The molecule has 2 aromatic carbocycles. The molecule has 1 aliphatic heterocycles. The van der Waals surface area contributed by atoms with E-state index in [9.17, 15) is 0 Å². The van der Waals surface area contributed by atoms with Crippen molar-refractivity contribution in [3.8, 4) is 5.69 Å². The Bertz CT molecular complexity index is 756. The van der Waals surface area contributed by atoms with Crippen LogP contribution in [0.15, 0.2) is 54.6 Å². The molecule has 1 unspecified atom stereocenters. The van der Waals surface area contributed by atoms with Gasteiger partial charge in [-0.15, -0.1) is 0 Å². The molecular weight excluding hydrogens is 258 g/mol. The van der Waals surface area contributed by atoms with E-state index in [4.69, 9.17) is 4.98 Å². The van der Waals surface area contributed by atoms with Crippen LogP contribution in [0.3, 0.4) is 0 Å². The summed E-state index contributed by atoms with van der Waals surface area (Å²) in [7, 11) is 0. The van der Waals surface area contributed by atoms with Crippen LogP contribution in [0.4, 0.5) is 0 Å². The zero-order valence-corrected chi connectivity index (χ0v) is 12.2. The van der Waals surface area contributed by atoms with Crippen LogP contribution in [0.1, 0.15) is 18.7 Å². The lowest BCUT2D eigenvalue weighted by Crippen LogP contribution is -2.45. The van der Waals surface area contributed by atoms with E-state index in [1.54, 1.807) is 0 Å². The molecule has 1 atom stereocenters. The topological polar surface area (TPSA) is 29.9 Å². The van der Waals surface area contributed by atoms with Gasteiger partial charge in [-0.1, -0.05) is 37.3 Å². The molecular formula is C18H19N3. The van der Waals surface area contributed by atoms with E-state index in [1.165, 1.54) is 17.0 Å². The van der Waals surface area contributed by atoms with Crippen molar-refractivity contribution >= 4 is 11.0 Å². The lowest BCUT2D eigenvalue weighted by atomic mass is 9.88. The van der Waals surface area contributed by atoms with Gasteiger partial charge in [-0.3, -0.25) is 4.57 Å². The maximum absolute atomic E-state index is 4.93. The van der Waals surface area contributed by atoms with Gasteiger partial charge in [-0.25, -0.2) is 4.98 Å². The summed E-state index contributed by atoms with van der Waals surface area (Å²) in [5, 5.41) is 3.37. The van der Waals surface area contributed by atoms with Crippen molar-refractivity contribution < 1.29 is 0 Å². The van der Waals surface area contributed by atoms with Crippen molar-refractivity contribution in [1.29, 1.82) is 0 Å². The second-order valence-electron chi connectivity index (χ2n) is 5.84. The number of nitrogens with zero attached hydrogens (tertiary/aromatic N) is 2. The number of para-hydroxylation sites is 3. The van der Waals surface area contributed by atoms with Crippen LogP contribution >= 0.6 is 0 Å². The third-order valence-electron chi connectivity index (χ3n) is 4.53. The summed E-state index contributed by atoms with van der Waals surface area (Å²) in [6.07, 6.45) is 0. The number of fused-ring (bicyclic) bond motifs is 1. The van der Waals surface area contributed by atoms with E-state index < -0.39 is 0 Å². The molecule has 0 bridgehead atoms. The number of benzene rings is 2. The molecule has 1 N–H and O–H groups in total. The van der Waals surface area contributed by atoms with Gasteiger partial charge in [0.1, 0.15) is 5.82 Å². The van der Waals surface area contributed by atoms with E-state index in [0.29, 0.717) is 11.8 Å². The maximum Gasteiger partial charge on any atom is 0.117 e. The Balaban J connectivity index is 1.92. The molecule has 0 radical (unpaired) electrons. The largest absolute Gasteiger partial charge is 0.316 e. The van der Waals surface area contributed by atoms with Gasteiger partial charge in [0.25, 0.3) is 0 Å². The molecule has 4 rings (SSSR count). The fraction of sp³-hybridized carbons (Fsp3) is 0.278. The first-order valence-electron chi connectivity index (χ1n) is 7.58. The SMILES string of the molecule is CC(c1nc2ccccc2n1-c1ccccc1)C1CNC1. The molecule has 2 heterocycles. The van der Waals surface area contributed by atoms with Crippen molar-refractivity contribution in [1.82, 2.24) is 14.9 Å². The predicted molar refractivity (Wildman–Crippen MR) is 85.8 cm³/mol. The number of rotatable bonds is 3. The first kappa shape index (κ1) is 12.6. The smallest absolute Gasteiger partial charge is 0.117 e. The van der Waals surface area contributed by atoms with Crippen LogP contribution in [0.25, 0.3) is 16.7 Å². The van der Waals surface area contributed by atoms with Crippen LogP contribution in [0, 0.1) is 5.92 Å². The minimum absolute atomic E-state index is 0.457. The summed E-state index contributed by atoms with van der Waals surface area (Å²) in [5.41, 5.74) is 3.47. The number of hydrogen-bond donors (Lipinski definition) is 1. The standard InChI is InChI=1S/C18H19N3/c1-13(14-11-19-12-14)18-20-16-9-5-6-10-17(16)21(18)15-7-3-2-4-8-15/h2-10,13-14,19H,11-12H2,1H3. The van der Waals surface area contributed by atoms with Crippen molar-refractivity contribution in [2.45, 2.75) is 12.8 Å². The minimum atomic E-state index is 0.457. The summed E-state index contributed by atoms with van der Waals surface area (Å²) >= 11 is 0. The summed E-state index contributed by atoms with van der Waals surface area (Å²) in [4.78, 5) is 4.93. The van der Waals surface area contributed by atoms with Gasteiger partial charge in [-0.05, 0) is 43.3 Å². The molecule has 1 saturated heterocycles. The van der Waals surface area contributed by atoms with Crippen LogP contribution in [-0.4, -0.2) is 22.6 Å². The summed E-state index contributed by atoms with van der Waals surface area (Å²) in [6, 6.07) is 18.9. The van der Waals surface area contributed by atoms with Crippen LogP contribution < -0.4 is 5.32 Å². The molecule has 1 fully saturated rings. The fourth-order valence-electron chi connectivity index (χ4n) is 3.07. The quantitative estimate of drug-likeness (QED) is 0.795. The average molecular weight is 277 g/mol. The van der Waals surface area contributed by atoms with Crippen molar-refractivity contribution in [3.63, 3.8) is 0 Å². The second-order valence-corrected chi connectivity index (χ2v) is 5.84. The molecule has 21 heavy (non-hydrogen) atoms. The van der Waals surface area contributed by atoms with Gasteiger partial charge in [-0.2, -0.15) is 0 Å². The molecule has 0 spiro atoms. The predicted octanol–water partition coefficient (Wildman–Crippen LogP) is 3.35. The van der Waals surface area contributed by atoms with Crippen LogP contribution in [-0.2, 0) is 0 Å². The highest BCUT2D eigenvalue weighted by molar-refractivity contribution is 5.78. The molecule has 3 nitrogen and oxygen atoms in total. The van der Waals surface area contributed by atoms with Gasteiger partial charge in [0.15, 0.2) is 0 Å². The number of hydrogen-bond acceptors (Lipinski definition) is 2. The van der Waals surface area contributed by atoms with Crippen LogP contribution in [0.5, 0.6) is 0 Å². The zero-order chi connectivity index (χ0) is 14.2. The lowest BCUT2D eigenvalue weighted by molar-refractivity contribution is 0.295. The van der Waals surface area contributed by atoms with E-state index in [0.717, 1.165) is 18.6 Å². The number of nitrogens with one attached hydrogen (secondary N) is 1.